The first kappa shape index (κ1) is 15.8. The molecule has 1 rings (SSSR count). The van der Waals surface area contributed by atoms with Crippen LogP contribution < -0.4 is 10.6 Å². The molecule has 0 atom stereocenters. The number of benzene rings is 1. The molecule has 0 aliphatic rings. The van der Waals surface area contributed by atoms with Crippen LogP contribution in [0.3, 0.4) is 0 Å². The third-order valence-corrected chi connectivity index (χ3v) is 2.65. The molecular formula is C14H21F3N2. The van der Waals surface area contributed by atoms with Gasteiger partial charge in [0.05, 0.1) is 5.56 Å². The van der Waals surface area contributed by atoms with Gasteiger partial charge in [0, 0.05) is 24.3 Å². The van der Waals surface area contributed by atoms with Gasteiger partial charge < -0.3 is 10.6 Å². The lowest BCUT2D eigenvalue weighted by atomic mass is 10.1. The molecule has 0 spiro atoms. The number of hydrogen-bond donors (Lipinski definition) is 2. The van der Waals surface area contributed by atoms with E-state index in [1.165, 1.54) is 13.0 Å². The molecule has 0 fully saturated rings. The highest BCUT2D eigenvalue weighted by atomic mass is 19.4. The van der Waals surface area contributed by atoms with Crippen LogP contribution in [0, 0.1) is 6.92 Å². The Kier molecular flexibility index (Phi) is 4.85. The topological polar surface area (TPSA) is 24.1 Å². The van der Waals surface area contributed by atoms with Crippen molar-refractivity contribution in [1.29, 1.82) is 0 Å². The molecule has 1 aromatic rings. The Morgan fingerprint density at radius 1 is 1.05 bits per heavy atom. The molecule has 2 nitrogen and oxygen atoms in total. The Balaban J connectivity index is 2.61. The smallest absolute Gasteiger partial charge is 0.384 e. The van der Waals surface area contributed by atoms with E-state index >= 15 is 0 Å². The summed E-state index contributed by atoms with van der Waals surface area (Å²) in [6, 6.07) is 4.32. The Bertz CT molecular complexity index is 420. The number of hydrogen-bond acceptors (Lipinski definition) is 2. The summed E-state index contributed by atoms with van der Waals surface area (Å²) in [5, 5.41) is 6.26. The average Bonchev–Trinajstić information content (AvgIpc) is 2.23. The van der Waals surface area contributed by atoms with Crippen LogP contribution in [0.5, 0.6) is 0 Å². The summed E-state index contributed by atoms with van der Waals surface area (Å²) < 4.78 is 38.2. The molecule has 19 heavy (non-hydrogen) atoms. The normalized spacial score (nSPS) is 12.6. The quantitative estimate of drug-likeness (QED) is 0.816. The maximum Gasteiger partial charge on any atom is 0.416 e. The van der Waals surface area contributed by atoms with E-state index in [0.29, 0.717) is 18.8 Å². The molecule has 0 bridgehead atoms. The summed E-state index contributed by atoms with van der Waals surface area (Å²) in [4.78, 5) is 0. The predicted molar refractivity (Wildman–Crippen MR) is 72.4 cm³/mol. The lowest BCUT2D eigenvalue weighted by Crippen LogP contribution is -2.38. The van der Waals surface area contributed by atoms with E-state index in [0.717, 1.165) is 6.07 Å². The standard InChI is InChI=1S/C14H21F3N2/c1-10-5-6-11(9-12(10)14(15,16)17)18-7-8-19-13(2,3)4/h5-6,9,18-19H,7-8H2,1-4H3. The highest BCUT2D eigenvalue weighted by molar-refractivity contribution is 5.49. The van der Waals surface area contributed by atoms with Crippen LogP contribution in [-0.4, -0.2) is 18.6 Å². The Morgan fingerprint density at radius 2 is 1.68 bits per heavy atom. The van der Waals surface area contributed by atoms with Gasteiger partial charge in [0.2, 0.25) is 0 Å². The zero-order valence-corrected chi connectivity index (χ0v) is 11.8. The van der Waals surface area contributed by atoms with Crippen molar-refractivity contribution in [3.8, 4) is 0 Å². The maximum atomic E-state index is 12.7. The Labute approximate surface area is 112 Å². The van der Waals surface area contributed by atoms with Crippen molar-refractivity contribution in [3.63, 3.8) is 0 Å². The van der Waals surface area contributed by atoms with Crippen molar-refractivity contribution < 1.29 is 13.2 Å². The molecule has 2 N–H and O–H groups in total. The molecule has 0 aromatic heterocycles. The molecule has 0 saturated carbocycles. The van der Waals surface area contributed by atoms with Crippen molar-refractivity contribution in [2.24, 2.45) is 0 Å². The molecule has 0 saturated heterocycles. The van der Waals surface area contributed by atoms with E-state index in [1.807, 2.05) is 20.8 Å². The summed E-state index contributed by atoms with van der Waals surface area (Å²) in [7, 11) is 0. The number of alkyl halides is 3. The van der Waals surface area contributed by atoms with E-state index in [4.69, 9.17) is 0 Å². The molecule has 0 heterocycles. The van der Waals surface area contributed by atoms with Gasteiger partial charge in [0.15, 0.2) is 0 Å². The van der Waals surface area contributed by atoms with Gasteiger partial charge in [0.1, 0.15) is 0 Å². The van der Waals surface area contributed by atoms with Crippen molar-refractivity contribution in [3.05, 3.63) is 29.3 Å². The van der Waals surface area contributed by atoms with Crippen LogP contribution in [0.2, 0.25) is 0 Å². The fourth-order valence-corrected chi connectivity index (χ4v) is 1.68. The minimum Gasteiger partial charge on any atom is -0.384 e. The van der Waals surface area contributed by atoms with E-state index in [1.54, 1.807) is 6.07 Å². The van der Waals surface area contributed by atoms with Crippen molar-refractivity contribution in [2.45, 2.75) is 39.4 Å². The van der Waals surface area contributed by atoms with Gasteiger partial charge in [-0.3, -0.25) is 0 Å². The van der Waals surface area contributed by atoms with Gasteiger partial charge >= 0.3 is 6.18 Å². The molecule has 0 aliphatic carbocycles. The minimum absolute atomic E-state index is 0.00604. The summed E-state index contributed by atoms with van der Waals surface area (Å²) in [5.74, 6) is 0. The first-order valence-corrected chi connectivity index (χ1v) is 6.26. The molecule has 5 heteroatoms. The predicted octanol–water partition coefficient (Wildman–Crippen LogP) is 3.81. The van der Waals surface area contributed by atoms with Crippen LogP contribution in [0.15, 0.2) is 18.2 Å². The number of halogens is 3. The van der Waals surface area contributed by atoms with E-state index in [9.17, 15) is 13.2 Å². The Hall–Kier alpha value is -1.23. The second kappa shape index (κ2) is 5.82. The maximum absolute atomic E-state index is 12.7. The number of nitrogens with one attached hydrogen (secondary N) is 2. The summed E-state index contributed by atoms with van der Waals surface area (Å²) in [6.45, 7) is 8.87. The van der Waals surface area contributed by atoms with E-state index < -0.39 is 11.7 Å². The lowest BCUT2D eigenvalue weighted by molar-refractivity contribution is -0.138. The number of aryl methyl sites for hydroxylation is 1. The van der Waals surface area contributed by atoms with Gasteiger partial charge in [-0.2, -0.15) is 13.2 Å². The van der Waals surface area contributed by atoms with Crippen LogP contribution in [0.25, 0.3) is 0 Å². The molecule has 108 valence electrons. The van der Waals surface area contributed by atoms with Crippen LogP contribution in [0.1, 0.15) is 31.9 Å². The highest BCUT2D eigenvalue weighted by Crippen LogP contribution is 2.33. The fraction of sp³-hybridized carbons (Fsp3) is 0.571. The van der Waals surface area contributed by atoms with Crippen molar-refractivity contribution in [2.75, 3.05) is 18.4 Å². The first-order chi connectivity index (χ1) is 8.59. The van der Waals surface area contributed by atoms with Gasteiger partial charge in [-0.05, 0) is 45.4 Å². The van der Waals surface area contributed by atoms with Gasteiger partial charge in [-0.1, -0.05) is 6.07 Å². The summed E-state index contributed by atoms with van der Waals surface area (Å²) in [6.07, 6.45) is -4.30. The van der Waals surface area contributed by atoms with Crippen molar-refractivity contribution in [1.82, 2.24) is 5.32 Å². The van der Waals surface area contributed by atoms with Gasteiger partial charge in [-0.25, -0.2) is 0 Å². The highest BCUT2D eigenvalue weighted by Gasteiger charge is 2.32. The summed E-state index contributed by atoms with van der Waals surface area (Å²) >= 11 is 0. The van der Waals surface area contributed by atoms with Gasteiger partial charge in [0.25, 0.3) is 0 Å². The largest absolute Gasteiger partial charge is 0.416 e. The average molecular weight is 274 g/mol. The van der Waals surface area contributed by atoms with Crippen LogP contribution >= 0.6 is 0 Å². The molecule has 0 radical (unpaired) electrons. The monoisotopic (exact) mass is 274 g/mol. The molecule has 1 aromatic carbocycles. The lowest BCUT2D eigenvalue weighted by Gasteiger charge is -2.21. The third kappa shape index (κ3) is 5.51. The second-order valence-corrected chi connectivity index (χ2v) is 5.63. The van der Waals surface area contributed by atoms with Crippen LogP contribution in [-0.2, 0) is 6.18 Å². The molecule has 0 unspecified atom stereocenters. The summed E-state index contributed by atoms with van der Waals surface area (Å²) in [5.41, 5.74) is 0.160. The third-order valence-electron chi connectivity index (χ3n) is 2.65. The number of anilines is 1. The van der Waals surface area contributed by atoms with Crippen molar-refractivity contribution >= 4 is 5.69 Å². The van der Waals surface area contributed by atoms with E-state index in [-0.39, 0.29) is 11.1 Å². The number of rotatable bonds is 4. The molecule has 0 aliphatic heterocycles. The molecule has 0 amide bonds. The second-order valence-electron chi connectivity index (χ2n) is 5.63. The first-order valence-electron chi connectivity index (χ1n) is 6.26. The molecular weight excluding hydrogens is 253 g/mol. The zero-order valence-electron chi connectivity index (χ0n) is 11.8. The SMILES string of the molecule is Cc1ccc(NCCNC(C)(C)C)cc1C(F)(F)F. The Morgan fingerprint density at radius 3 is 2.21 bits per heavy atom. The van der Waals surface area contributed by atoms with Crippen LogP contribution in [0.4, 0.5) is 18.9 Å². The van der Waals surface area contributed by atoms with E-state index in [2.05, 4.69) is 10.6 Å². The fourth-order valence-electron chi connectivity index (χ4n) is 1.68. The minimum atomic E-state index is -4.30. The van der Waals surface area contributed by atoms with Gasteiger partial charge in [-0.15, -0.1) is 0 Å². The zero-order chi connectivity index (χ0) is 14.7.